The number of allylic oxidation sites excluding steroid dienone is 1. The molecule has 180 valence electrons. The van der Waals surface area contributed by atoms with Crippen molar-refractivity contribution in [3.8, 4) is 0 Å². The fourth-order valence-electron chi connectivity index (χ4n) is 5.02. The molecule has 6 aromatic rings. The minimum Gasteiger partial charge on any atom is -0.301 e. The summed E-state index contributed by atoms with van der Waals surface area (Å²) in [5, 5.41) is 4.13. The SMILES string of the molecule is O=C1/C(=C\c2ccc(N(c3ccccc3)c3cccc4ccccc34)s2)C(=O)c2nc3ccccc3cc21. The van der Waals surface area contributed by atoms with Crippen molar-refractivity contribution in [2.75, 3.05) is 4.90 Å². The number of hydrogen-bond acceptors (Lipinski definition) is 5. The normalized spacial score (nSPS) is 13.9. The van der Waals surface area contributed by atoms with Gasteiger partial charge >= 0.3 is 0 Å². The summed E-state index contributed by atoms with van der Waals surface area (Å²) < 4.78 is 0. The van der Waals surface area contributed by atoms with Gasteiger partial charge in [-0.2, -0.15) is 0 Å². The number of thiophene rings is 1. The Morgan fingerprint density at radius 2 is 1.42 bits per heavy atom. The highest BCUT2D eigenvalue weighted by molar-refractivity contribution is 7.17. The van der Waals surface area contributed by atoms with Gasteiger partial charge in [0.05, 0.1) is 22.3 Å². The molecule has 7 rings (SSSR count). The third-order valence-electron chi connectivity index (χ3n) is 6.81. The van der Waals surface area contributed by atoms with Crippen LogP contribution in [0.5, 0.6) is 0 Å². The van der Waals surface area contributed by atoms with Gasteiger partial charge in [-0.25, -0.2) is 4.98 Å². The van der Waals surface area contributed by atoms with E-state index < -0.39 is 0 Å². The molecule has 2 aromatic heterocycles. The molecular formula is C33H20N2O2S. The zero-order chi connectivity index (χ0) is 25.6. The van der Waals surface area contributed by atoms with Crippen molar-refractivity contribution < 1.29 is 9.59 Å². The zero-order valence-electron chi connectivity index (χ0n) is 20.2. The molecule has 0 saturated heterocycles. The Hall–Kier alpha value is -4.87. The van der Waals surface area contributed by atoms with E-state index in [2.05, 4.69) is 52.3 Å². The minimum absolute atomic E-state index is 0.160. The average molecular weight is 509 g/mol. The van der Waals surface area contributed by atoms with Crippen LogP contribution in [0.15, 0.2) is 121 Å². The highest BCUT2D eigenvalue weighted by Crippen LogP contribution is 2.42. The summed E-state index contributed by atoms with van der Waals surface area (Å²) in [4.78, 5) is 34.0. The first kappa shape index (κ1) is 22.3. The summed E-state index contributed by atoms with van der Waals surface area (Å²) in [6.45, 7) is 0. The number of nitrogens with zero attached hydrogens (tertiary/aromatic N) is 2. The molecule has 5 heteroatoms. The van der Waals surface area contributed by atoms with Gasteiger partial charge in [0, 0.05) is 21.3 Å². The maximum atomic E-state index is 13.3. The van der Waals surface area contributed by atoms with Crippen molar-refractivity contribution in [2.45, 2.75) is 0 Å². The van der Waals surface area contributed by atoms with Gasteiger partial charge in [-0.3, -0.25) is 9.59 Å². The first-order chi connectivity index (χ1) is 18.7. The predicted molar refractivity (Wildman–Crippen MR) is 155 cm³/mol. The van der Waals surface area contributed by atoms with Crippen molar-refractivity contribution in [1.29, 1.82) is 0 Å². The number of fused-ring (bicyclic) bond motifs is 3. The highest BCUT2D eigenvalue weighted by atomic mass is 32.1. The van der Waals surface area contributed by atoms with Gasteiger partial charge < -0.3 is 4.90 Å². The van der Waals surface area contributed by atoms with Crippen LogP contribution in [0.25, 0.3) is 27.8 Å². The molecule has 0 aliphatic heterocycles. The lowest BCUT2D eigenvalue weighted by Gasteiger charge is -2.25. The number of carbonyl (C=O) groups is 2. The fraction of sp³-hybridized carbons (Fsp3) is 0. The second-order valence-electron chi connectivity index (χ2n) is 9.14. The molecular weight excluding hydrogens is 488 g/mol. The summed E-state index contributed by atoms with van der Waals surface area (Å²) in [6, 6.07) is 38.1. The summed E-state index contributed by atoms with van der Waals surface area (Å²) in [5.41, 5.74) is 3.57. The van der Waals surface area contributed by atoms with Crippen LogP contribution in [-0.2, 0) is 0 Å². The molecule has 1 aliphatic rings. The smallest absolute Gasteiger partial charge is 0.216 e. The molecule has 0 bridgehead atoms. The van der Waals surface area contributed by atoms with Crippen molar-refractivity contribution in [1.82, 2.24) is 4.98 Å². The van der Waals surface area contributed by atoms with Crippen molar-refractivity contribution in [2.24, 2.45) is 0 Å². The number of hydrogen-bond donors (Lipinski definition) is 0. The van der Waals surface area contributed by atoms with Crippen LogP contribution in [0.3, 0.4) is 0 Å². The second kappa shape index (κ2) is 8.91. The maximum Gasteiger partial charge on any atom is 0.216 e. The molecule has 4 aromatic carbocycles. The number of anilines is 3. The van der Waals surface area contributed by atoms with Crippen molar-refractivity contribution in [3.63, 3.8) is 0 Å². The van der Waals surface area contributed by atoms with Crippen molar-refractivity contribution in [3.05, 3.63) is 137 Å². The van der Waals surface area contributed by atoms with Gasteiger partial charge in [-0.15, -0.1) is 11.3 Å². The lowest BCUT2D eigenvalue weighted by molar-refractivity contribution is 0.0989. The molecule has 0 unspecified atom stereocenters. The highest BCUT2D eigenvalue weighted by Gasteiger charge is 2.35. The molecule has 2 heterocycles. The third kappa shape index (κ3) is 3.64. The molecule has 38 heavy (non-hydrogen) atoms. The molecule has 0 radical (unpaired) electrons. The molecule has 0 saturated carbocycles. The van der Waals surface area contributed by atoms with E-state index in [9.17, 15) is 9.59 Å². The Morgan fingerprint density at radius 3 is 2.29 bits per heavy atom. The lowest BCUT2D eigenvalue weighted by atomic mass is 10.1. The van der Waals surface area contributed by atoms with E-state index in [0.29, 0.717) is 11.1 Å². The Labute approximate surface area is 223 Å². The van der Waals surface area contributed by atoms with Gasteiger partial charge in [0.2, 0.25) is 5.78 Å². The summed E-state index contributed by atoms with van der Waals surface area (Å²) in [6.07, 6.45) is 1.71. The maximum absolute atomic E-state index is 13.3. The minimum atomic E-state index is -0.320. The van der Waals surface area contributed by atoms with E-state index in [1.807, 2.05) is 66.7 Å². The Bertz CT molecular complexity index is 1860. The van der Waals surface area contributed by atoms with E-state index in [4.69, 9.17) is 0 Å². The van der Waals surface area contributed by atoms with Gasteiger partial charge in [0.15, 0.2) is 5.78 Å². The van der Waals surface area contributed by atoms with E-state index in [0.717, 1.165) is 37.4 Å². The Morgan fingerprint density at radius 1 is 0.684 bits per heavy atom. The van der Waals surface area contributed by atoms with E-state index in [1.165, 1.54) is 11.3 Å². The number of carbonyl (C=O) groups excluding carboxylic acids is 2. The zero-order valence-corrected chi connectivity index (χ0v) is 21.0. The average Bonchev–Trinajstić information content (AvgIpc) is 3.51. The third-order valence-corrected chi connectivity index (χ3v) is 7.83. The van der Waals surface area contributed by atoms with Crippen molar-refractivity contribution >= 4 is 67.0 Å². The number of aromatic nitrogens is 1. The molecule has 0 fully saturated rings. The van der Waals surface area contributed by atoms with Gasteiger partial charge in [-0.1, -0.05) is 72.8 Å². The Kier molecular flexibility index (Phi) is 5.23. The second-order valence-corrected chi connectivity index (χ2v) is 10.2. The fourth-order valence-corrected chi connectivity index (χ4v) is 6.00. The first-order valence-electron chi connectivity index (χ1n) is 12.3. The largest absolute Gasteiger partial charge is 0.301 e. The van der Waals surface area contributed by atoms with Crippen LogP contribution in [0.1, 0.15) is 25.7 Å². The van der Waals surface area contributed by atoms with E-state index in [1.54, 1.807) is 12.1 Å². The number of para-hydroxylation sites is 2. The van der Waals surface area contributed by atoms with Crippen LogP contribution in [-0.4, -0.2) is 16.6 Å². The summed E-state index contributed by atoms with van der Waals surface area (Å²) >= 11 is 1.54. The van der Waals surface area contributed by atoms with Crippen LogP contribution in [0, 0.1) is 0 Å². The standard InChI is InChI=1S/C33H20N2O2S/c36-32-26-19-22-10-5-7-15-28(22)34-31(26)33(37)27(32)20-24-17-18-30(38-24)35(23-12-2-1-3-13-23)29-16-8-11-21-9-4-6-14-25(21)29/h1-20H/b27-20+. The molecule has 0 amide bonds. The predicted octanol–water partition coefficient (Wildman–Crippen LogP) is 8.38. The monoisotopic (exact) mass is 508 g/mol. The van der Waals surface area contributed by atoms with Gasteiger partial charge in [-0.05, 0) is 53.9 Å². The van der Waals surface area contributed by atoms with Crippen LogP contribution in [0.4, 0.5) is 16.4 Å². The molecule has 0 atom stereocenters. The number of ketones is 2. The summed E-state index contributed by atoms with van der Waals surface area (Å²) in [7, 11) is 0. The van der Waals surface area contributed by atoms with Gasteiger partial charge in [0.25, 0.3) is 0 Å². The summed E-state index contributed by atoms with van der Waals surface area (Å²) in [5.74, 6) is -0.591. The molecule has 4 nitrogen and oxygen atoms in total. The Balaban J connectivity index is 1.32. The number of Topliss-reactive ketones (excluding diaryl/α,β-unsaturated/α-hetero) is 2. The molecule has 1 aliphatic carbocycles. The van der Waals surface area contributed by atoms with E-state index in [-0.39, 0.29) is 22.8 Å². The topological polar surface area (TPSA) is 50.3 Å². The number of benzene rings is 4. The van der Waals surface area contributed by atoms with E-state index >= 15 is 0 Å². The molecule has 0 N–H and O–H groups in total. The lowest BCUT2D eigenvalue weighted by Crippen LogP contribution is -2.08. The number of rotatable bonds is 4. The number of pyridine rings is 1. The van der Waals surface area contributed by atoms with Crippen LogP contribution < -0.4 is 4.90 Å². The first-order valence-corrected chi connectivity index (χ1v) is 13.1. The molecule has 0 spiro atoms. The van der Waals surface area contributed by atoms with Crippen LogP contribution >= 0.6 is 11.3 Å². The van der Waals surface area contributed by atoms with Gasteiger partial charge in [0.1, 0.15) is 10.7 Å². The van der Waals surface area contributed by atoms with Crippen LogP contribution in [0.2, 0.25) is 0 Å². The quantitative estimate of drug-likeness (QED) is 0.177.